The van der Waals surface area contributed by atoms with E-state index >= 15 is 0 Å². The van der Waals surface area contributed by atoms with Gasteiger partial charge in [-0.1, -0.05) is 42.5 Å². The Morgan fingerprint density at radius 2 is 1.58 bits per heavy atom. The molecule has 24 heavy (non-hydrogen) atoms. The van der Waals surface area contributed by atoms with Gasteiger partial charge in [-0.15, -0.1) is 0 Å². The number of sulfonamides is 1. The topological polar surface area (TPSA) is 75.3 Å². The Balaban J connectivity index is 2.05. The highest BCUT2D eigenvalue weighted by atomic mass is 32.2. The van der Waals surface area contributed by atoms with Crippen molar-refractivity contribution in [2.45, 2.75) is 30.8 Å². The minimum atomic E-state index is -4.12. The second-order valence-corrected chi connectivity index (χ2v) is 7.10. The Morgan fingerprint density at radius 1 is 1.00 bits per heavy atom. The van der Waals surface area contributed by atoms with Crippen LogP contribution in [-0.2, 0) is 14.8 Å². The van der Waals surface area contributed by atoms with Gasteiger partial charge in [-0.3, -0.25) is 4.79 Å². The van der Waals surface area contributed by atoms with E-state index in [1.54, 1.807) is 6.92 Å². The molecule has 2 N–H and O–H groups in total. The van der Waals surface area contributed by atoms with Crippen LogP contribution in [-0.4, -0.2) is 20.4 Å². The Labute approximate surface area is 141 Å². The molecule has 7 heteroatoms. The highest BCUT2D eigenvalue weighted by Gasteiger charge is 2.25. The van der Waals surface area contributed by atoms with Crippen LogP contribution < -0.4 is 10.0 Å². The van der Waals surface area contributed by atoms with Crippen LogP contribution in [0.2, 0.25) is 0 Å². The first-order valence-electron chi connectivity index (χ1n) is 7.43. The minimum absolute atomic E-state index is 0.279. The molecular formula is C17H19FN2O3S. The zero-order valence-electron chi connectivity index (χ0n) is 13.4. The fraction of sp³-hybridized carbons (Fsp3) is 0.235. The third-order valence-corrected chi connectivity index (χ3v) is 5.08. The van der Waals surface area contributed by atoms with Crippen LogP contribution in [0.15, 0.2) is 59.5 Å². The average Bonchev–Trinajstić information content (AvgIpc) is 2.55. The van der Waals surface area contributed by atoms with Gasteiger partial charge < -0.3 is 5.32 Å². The number of hydrogen-bond donors (Lipinski definition) is 2. The van der Waals surface area contributed by atoms with Gasteiger partial charge in [0.25, 0.3) is 0 Å². The monoisotopic (exact) mass is 350 g/mol. The lowest BCUT2D eigenvalue weighted by Crippen LogP contribution is -2.45. The van der Waals surface area contributed by atoms with Crippen LogP contribution in [0.1, 0.15) is 25.5 Å². The maximum atomic E-state index is 13.6. The van der Waals surface area contributed by atoms with E-state index in [1.807, 2.05) is 30.3 Å². The summed E-state index contributed by atoms with van der Waals surface area (Å²) < 4.78 is 40.2. The largest absolute Gasteiger partial charge is 0.348 e. The second kappa shape index (κ2) is 7.55. The lowest BCUT2D eigenvalue weighted by atomic mass is 10.1. The SMILES string of the molecule is CC(NS(=O)(=O)c1ccccc1F)C(=O)NC(C)c1ccccc1. The van der Waals surface area contributed by atoms with Crippen LogP contribution in [0.3, 0.4) is 0 Å². The molecule has 0 heterocycles. The Morgan fingerprint density at radius 3 is 2.21 bits per heavy atom. The lowest BCUT2D eigenvalue weighted by Gasteiger charge is -2.19. The van der Waals surface area contributed by atoms with E-state index in [0.29, 0.717) is 0 Å². The summed E-state index contributed by atoms with van der Waals surface area (Å²) in [5, 5.41) is 2.72. The van der Waals surface area contributed by atoms with E-state index in [0.717, 1.165) is 17.7 Å². The predicted octanol–water partition coefficient (Wildman–Crippen LogP) is 2.37. The fourth-order valence-electron chi connectivity index (χ4n) is 2.18. The highest BCUT2D eigenvalue weighted by molar-refractivity contribution is 7.89. The molecule has 2 atom stereocenters. The van der Waals surface area contributed by atoms with Gasteiger partial charge in [0.05, 0.1) is 12.1 Å². The Bertz CT molecular complexity index is 810. The van der Waals surface area contributed by atoms with Crippen molar-refractivity contribution in [3.63, 3.8) is 0 Å². The standard InChI is InChI=1S/C17H19FN2O3S/c1-12(14-8-4-3-5-9-14)19-17(21)13(2)20-24(22,23)16-11-7-6-10-15(16)18/h3-13,20H,1-2H3,(H,19,21). The highest BCUT2D eigenvalue weighted by Crippen LogP contribution is 2.14. The summed E-state index contributed by atoms with van der Waals surface area (Å²) in [6.45, 7) is 3.21. The number of amides is 1. The maximum Gasteiger partial charge on any atom is 0.244 e. The first-order valence-corrected chi connectivity index (χ1v) is 8.92. The van der Waals surface area contributed by atoms with E-state index in [-0.39, 0.29) is 6.04 Å². The van der Waals surface area contributed by atoms with E-state index in [1.165, 1.54) is 19.1 Å². The van der Waals surface area contributed by atoms with Gasteiger partial charge in [-0.25, -0.2) is 12.8 Å². The zero-order chi connectivity index (χ0) is 17.7. The number of nitrogens with one attached hydrogen (secondary N) is 2. The van der Waals surface area contributed by atoms with E-state index < -0.39 is 32.7 Å². The van der Waals surface area contributed by atoms with Crippen molar-refractivity contribution in [2.24, 2.45) is 0 Å². The number of carbonyl (C=O) groups is 1. The number of carbonyl (C=O) groups excluding carboxylic acids is 1. The molecule has 2 rings (SSSR count). The van der Waals surface area contributed by atoms with E-state index in [4.69, 9.17) is 0 Å². The molecular weight excluding hydrogens is 331 g/mol. The summed E-state index contributed by atoms with van der Waals surface area (Å²) in [5.41, 5.74) is 0.898. The number of rotatable bonds is 6. The minimum Gasteiger partial charge on any atom is -0.348 e. The van der Waals surface area contributed by atoms with Gasteiger partial charge in [0.1, 0.15) is 10.7 Å². The molecule has 0 spiro atoms. The van der Waals surface area contributed by atoms with E-state index in [9.17, 15) is 17.6 Å². The van der Waals surface area contributed by atoms with Crippen molar-refractivity contribution in [2.75, 3.05) is 0 Å². The molecule has 0 saturated carbocycles. The quantitative estimate of drug-likeness (QED) is 0.840. The smallest absolute Gasteiger partial charge is 0.244 e. The third kappa shape index (κ3) is 4.39. The molecule has 128 valence electrons. The lowest BCUT2D eigenvalue weighted by molar-refractivity contribution is -0.123. The van der Waals surface area contributed by atoms with Crippen molar-refractivity contribution in [1.29, 1.82) is 0 Å². The number of benzene rings is 2. The molecule has 2 aromatic rings. The summed E-state index contributed by atoms with van der Waals surface area (Å²) in [4.78, 5) is 11.7. The molecule has 0 saturated heterocycles. The normalized spacial score (nSPS) is 14.0. The van der Waals surface area contributed by atoms with E-state index in [2.05, 4.69) is 10.0 Å². The van der Waals surface area contributed by atoms with Crippen molar-refractivity contribution in [1.82, 2.24) is 10.0 Å². The van der Waals surface area contributed by atoms with Gasteiger partial charge in [0.2, 0.25) is 15.9 Å². The molecule has 0 aliphatic rings. The zero-order valence-corrected chi connectivity index (χ0v) is 14.2. The van der Waals surface area contributed by atoms with Gasteiger partial charge in [0, 0.05) is 0 Å². The van der Waals surface area contributed by atoms with Gasteiger partial charge in [0.15, 0.2) is 0 Å². The average molecular weight is 350 g/mol. The van der Waals surface area contributed by atoms with Gasteiger partial charge in [-0.05, 0) is 31.5 Å². The van der Waals surface area contributed by atoms with Crippen molar-refractivity contribution in [3.8, 4) is 0 Å². The summed E-state index contributed by atoms with van der Waals surface area (Å²) in [7, 11) is -4.12. The summed E-state index contributed by atoms with van der Waals surface area (Å²) in [5.74, 6) is -1.36. The molecule has 1 amide bonds. The first kappa shape index (κ1) is 18.1. The molecule has 0 radical (unpaired) electrons. The van der Waals surface area contributed by atoms with Gasteiger partial charge >= 0.3 is 0 Å². The molecule has 2 aromatic carbocycles. The molecule has 5 nitrogen and oxygen atoms in total. The van der Waals surface area contributed by atoms with Crippen LogP contribution in [0.25, 0.3) is 0 Å². The summed E-state index contributed by atoms with van der Waals surface area (Å²) >= 11 is 0. The molecule has 0 bridgehead atoms. The first-order chi connectivity index (χ1) is 11.3. The predicted molar refractivity (Wildman–Crippen MR) is 89.2 cm³/mol. The van der Waals surface area contributed by atoms with Crippen molar-refractivity contribution < 1.29 is 17.6 Å². The van der Waals surface area contributed by atoms with Crippen LogP contribution in [0.4, 0.5) is 4.39 Å². The molecule has 0 aliphatic heterocycles. The summed E-state index contributed by atoms with van der Waals surface area (Å²) in [6.07, 6.45) is 0. The molecule has 0 aromatic heterocycles. The number of hydrogen-bond acceptors (Lipinski definition) is 3. The van der Waals surface area contributed by atoms with Crippen molar-refractivity contribution in [3.05, 3.63) is 66.0 Å². The van der Waals surface area contributed by atoms with Crippen LogP contribution in [0.5, 0.6) is 0 Å². The van der Waals surface area contributed by atoms with Crippen molar-refractivity contribution >= 4 is 15.9 Å². The molecule has 2 unspecified atom stereocenters. The van der Waals surface area contributed by atoms with Crippen LogP contribution in [0, 0.1) is 5.82 Å². The number of halogens is 1. The third-order valence-electron chi connectivity index (χ3n) is 3.51. The Kier molecular flexibility index (Phi) is 5.69. The van der Waals surface area contributed by atoms with Crippen LogP contribution >= 0.6 is 0 Å². The van der Waals surface area contributed by atoms with Gasteiger partial charge in [-0.2, -0.15) is 4.72 Å². The summed E-state index contributed by atoms with van der Waals surface area (Å²) in [6, 6.07) is 13.0. The molecule has 0 fully saturated rings. The Hall–Kier alpha value is -2.25. The fourth-order valence-corrected chi connectivity index (χ4v) is 3.46. The molecule has 0 aliphatic carbocycles. The second-order valence-electron chi connectivity index (χ2n) is 5.41. The maximum absolute atomic E-state index is 13.6.